The Morgan fingerprint density at radius 2 is 1.97 bits per heavy atom. The Balaban J connectivity index is 1.68. The van der Waals surface area contributed by atoms with Gasteiger partial charge in [0.15, 0.2) is 5.82 Å². The SMILES string of the molecule is C[C@H]1C=C(n2ccc(OCC3(C(F)(F)F)CC3)n2)N=C(F)C1C(=O)OC(C)(C)C. The smallest absolute Gasteiger partial charge is 0.397 e. The van der Waals surface area contributed by atoms with Crippen molar-refractivity contribution in [1.82, 2.24) is 9.78 Å². The molecule has 0 amide bonds. The lowest BCUT2D eigenvalue weighted by molar-refractivity contribution is -0.194. The van der Waals surface area contributed by atoms with Crippen LogP contribution in [0.5, 0.6) is 5.88 Å². The number of rotatable bonds is 5. The third-order valence-electron chi connectivity index (χ3n) is 4.83. The molecule has 1 aromatic heterocycles. The lowest BCUT2D eigenvalue weighted by Crippen LogP contribution is -2.36. The van der Waals surface area contributed by atoms with Crippen molar-refractivity contribution in [2.75, 3.05) is 6.61 Å². The van der Waals surface area contributed by atoms with E-state index in [2.05, 4.69) is 10.1 Å². The van der Waals surface area contributed by atoms with E-state index in [9.17, 15) is 22.4 Å². The molecule has 0 spiro atoms. The molecule has 0 aromatic carbocycles. The predicted octanol–water partition coefficient (Wildman–Crippen LogP) is 4.38. The van der Waals surface area contributed by atoms with Crippen molar-refractivity contribution in [3.05, 3.63) is 18.3 Å². The summed E-state index contributed by atoms with van der Waals surface area (Å²) in [7, 11) is 0. The topological polar surface area (TPSA) is 65.7 Å². The first kappa shape index (κ1) is 21.3. The van der Waals surface area contributed by atoms with E-state index in [1.54, 1.807) is 33.8 Å². The molecule has 2 atom stereocenters. The fourth-order valence-corrected chi connectivity index (χ4v) is 2.95. The molecule has 1 aromatic rings. The average molecular weight is 417 g/mol. The maximum absolute atomic E-state index is 14.5. The predicted molar refractivity (Wildman–Crippen MR) is 96.8 cm³/mol. The number of alkyl halides is 3. The number of ether oxygens (including phenoxy) is 2. The number of esters is 1. The van der Waals surface area contributed by atoms with Gasteiger partial charge < -0.3 is 9.47 Å². The fraction of sp³-hybridized carbons (Fsp3) is 0.632. The number of hydrogen-bond acceptors (Lipinski definition) is 5. The van der Waals surface area contributed by atoms with E-state index in [0.29, 0.717) is 0 Å². The van der Waals surface area contributed by atoms with E-state index in [1.165, 1.54) is 16.9 Å². The van der Waals surface area contributed by atoms with Crippen LogP contribution in [0.1, 0.15) is 40.5 Å². The van der Waals surface area contributed by atoms with Crippen LogP contribution in [0.25, 0.3) is 5.82 Å². The zero-order valence-electron chi connectivity index (χ0n) is 16.6. The summed E-state index contributed by atoms with van der Waals surface area (Å²) < 4.78 is 65.1. The summed E-state index contributed by atoms with van der Waals surface area (Å²) in [6.07, 6.45) is -1.30. The molecule has 6 nitrogen and oxygen atoms in total. The first-order valence-electron chi connectivity index (χ1n) is 9.26. The van der Waals surface area contributed by atoms with Crippen LogP contribution < -0.4 is 4.74 Å². The second-order valence-electron chi connectivity index (χ2n) is 8.49. The minimum atomic E-state index is -4.32. The van der Waals surface area contributed by atoms with Gasteiger partial charge in [0.05, 0.1) is 0 Å². The van der Waals surface area contributed by atoms with E-state index >= 15 is 0 Å². The first-order chi connectivity index (χ1) is 13.3. The zero-order chi connectivity index (χ0) is 21.6. The highest BCUT2D eigenvalue weighted by Gasteiger charge is 2.64. The Kier molecular flexibility index (Phi) is 5.25. The Morgan fingerprint density at radius 1 is 1.31 bits per heavy atom. The summed E-state index contributed by atoms with van der Waals surface area (Å²) in [6.45, 7) is 6.19. The van der Waals surface area contributed by atoms with Gasteiger partial charge in [-0.25, -0.2) is 9.67 Å². The van der Waals surface area contributed by atoms with Crippen LogP contribution in [0.3, 0.4) is 0 Å². The largest absolute Gasteiger partial charge is 0.476 e. The van der Waals surface area contributed by atoms with Crippen molar-refractivity contribution in [1.29, 1.82) is 0 Å². The highest BCUT2D eigenvalue weighted by molar-refractivity contribution is 6.00. The zero-order valence-corrected chi connectivity index (χ0v) is 16.6. The summed E-state index contributed by atoms with van der Waals surface area (Å²) in [5.74, 6) is -3.23. The molecule has 1 fully saturated rings. The van der Waals surface area contributed by atoms with Crippen molar-refractivity contribution >= 4 is 17.8 Å². The number of nitrogens with zero attached hydrogens (tertiary/aromatic N) is 3. The van der Waals surface area contributed by atoms with Crippen LogP contribution in [-0.4, -0.2) is 40.1 Å². The lowest BCUT2D eigenvalue weighted by Gasteiger charge is -2.26. The minimum absolute atomic E-state index is 0.0149. The summed E-state index contributed by atoms with van der Waals surface area (Å²) in [5, 5.41) is 4.01. The van der Waals surface area contributed by atoms with Gasteiger partial charge in [-0.05, 0) is 45.6 Å². The van der Waals surface area contributed by atoms with Gasteiger partial charge in [-0.1, -0.05) is 6.92 Å². The summed E-state index contributed by atoms with van der Waals surface area (Å²) in [5.41, 5.74) is -2.56. The fourth-order valence-electron chi connectivity index (χ4n) is 2.95. The molecule has 0 radical (unpaired) electrons. The van der Waals surface area contributed by atoms with Crippen molar-refractivity contribution in [3.63, 3.8) is 0 Å². The number of halogens is 4. The van der Waals surface area contributed by atoms with Crippen molar-refractivity contribution in [3.8, 4) is 5.88 Å². The molecule has 3 rings (SSSR count). The molecular weight excluding hydrogens is 394 g/mol. The number of carbonyl (C=O) groups is 1. The normalized spacial score (nSPS) is 23.9. The Bertz CT molecular complexity index is 848. The third kappa shape index (κ3) is 4.62. The molecule has 0 saturated heterocycles. The number of aromatic nitrogens is 2. The third-order valence-corrected chi connectivity index (χ3v) is 4.83. The molecule has 1 saturated carbocycles. The van der Waals surface area contributed by atoms with E-state index in [0.717, 1.165) is 0 Å². The number of aliphatic imine (C=N–C) groups is 1. The van der Waals surface area contributed by atoms with Crippen molar-refractivity contribution in [2.45, 2.75) is 52.3 Å². The molecule has 2 heterocycles. The Hall–Kier alpha value is -2.39. The number of hydrogen-bond donors (Lipinski definition) is 0. The van der Waals surface area contributed by atoms with Gasteiger partial charge in [-0.3, -0.25) is 4.79 Å². The Labute approximate surface area is 165 Å². The van der Waals surface area contributed by atoms with E-state index < -0.39 is 47.6 Å². The molecule has 2 aliphatic rings. The molecule has 160 valence electrons. The van der Waals surface area contributed by atoms with Crippen LogP contribution in [0, 0.1) is 17.3 Å². The van der Waals surface area contributed by atoms with E-state index in [1.807, 2.05) is 0 Å². The lowest BCUT2D eigenvalue weighted by atomic mass is 9.92. The molecule has 10 heteroatoms. The van der Waals surface area contributed by atoms with Crippen molar-refractivity contribution < 1.29 is 31.8 Å². The van der Waals surface area contributed by atoms with Gasteiger partial charge >= 0.3 is 12.1 Å². The quantitative estimate of drug-likeness (QED) is 0.527. The molecule has 0 N–H and O–H groups in total. The van der Waals surface area contributed by atoms with Gasteiger partial charge in [-0.15, -0.1) is 5.10 Å². The average Bonchev–Trinajstić information content (AvgIpc) is 3.21. The molecule has 0 bridgehead atoms. The van der Waals surface area contributed by atoms with Crippen molar-refractivity contribution in [2.24, 2.45) is 22.2 Å². The molecular formula is C19H23F4N3O3. The molecule has 1 aliphatic heterocycles. The maximum Gasteiger partial charge on any atom is 0.397 e. The second-order valence-corrected chi connectivity index (χ2v) is 8.49. The van der Waals surface area contributed by atoms with Crippen LogP contribution in [0.2, 0.25) is 0 Å². The first-order valence-corrected chi connectivity index (χ1v) is 9.26. The van der Waals surface area contributed by atoms with Crippen LogP contribution >= 0.6 is 0 Å². The minimum Gasteiger partial charge on any atom is -0.476 e. The molecule has 1 unspecified atom stereocenters. The van der Waals surface area contributed by atoms with E-state index in [-0.39, 0.29) is 24.5 Å². The Morgan fingerprint density at radius 3 is 2.48 bits per heavy atom. The number of carbonyl (C=O) groups excluding carboxylic acids is 1. The van der Waals surface area contributed by atoms with Gasteiger partial charge in [0.2, 0.25) is 11.8 Å². The molecule has 1 aliphatic carbocycles. The second kappa shape index (κ2) is 7.14. The van der Waals surface area contributed by atoms with Crippen LogP contribution in [0.4, 0.5) is 17.6 Å². The standard InChI is InChI=1S/C19H23F4N3O3/c1-11-9-12(24-15(20)14(11)16(27)29-17(2,3)4)26-8-5-13(25-26)28-10-18(6-7-18)19(21,22)23/h5,8-9,11,14H,6-7,10H2,1-4H3/t11-,14?/m0/s1. The maximum atomic E-state index is 14.5. The summed E-state index contributed by atoms with van der Waals surface area (Å²) in [4.78, 5) is 16.0. The van der Waals surface area contributed by atoms with Crippen LogP contribution in [-0.2, 0) is 9.53 Å². The van der Waals surface area contributed by atoms with Gasteiger partial charge in [0, 0.05) is 12.3 Å². The van der Waals surface area contributed by atoms with Gasteiger partial charge in [0.25, 0.3) is 0 Å². The van der Waals surface area contributed by atoms with Crippen LogP contribution in [0.15, 0.2) is 23.3 Å². The molecule has 29 heavy (non-hydrogen) atoms. The highest BCUT2D eigenvalue weighted by atomic mass is 19.4. The van der Waals surface area contributed by atoms with E-state index in [4.69, 9.17) is 9.47 Å². The monoisotopic (exact) mass is 417 g/mol. The van der Waals surface area contributed by atoms with Gasteiger partial charge in [0.1, 0.15) is 23.5 Å². The number of allylic oxidation sites excluding steroid dienone is 1. The summed E-state index contributed by atoms with van der Waals surface area (Å²) in [6, 6.07) is 1.38. The summed E-state index contributed by atoms with van der Waals surface area (Å²) >= 11 is 0. The van der Waals surface area contributed by atoms with Gasteiger partial charge in [-0.2, -0.15) is 17.6 Å². The highest BCUT2D eigenvalue weighted by Crippen LogP contribution is 2.57.